The van der Waals surface area contributed by atoms with Crippen LogP contribution in [0.5, 0.6) is 0 Å². The number of anilines is 1. The lowest BCUT2D eigenvalue weighted by Gasteiger charge is -2.39. The van der Waals surface area contributed by atoms with E-state index in [0.29, 0.717) is 5.91 Å². The van der Waals surface area contributed by atoms with Crippen molar-refractivity contribution in [1.29, 1.82) is 0 Å². The molecule has 2 saturated heterocycles. The summed E-state index contributed by atoms with van der Waals surface area (Å²) in [4.78, 5) is 25.5. The Hall–Kier alpha value is -3.16. The van der Waals surface area contributed by atoms with E-state index in [4.69, 9.17) is 4.98 Å². The van der Waals surface area contributed by atoms with Crippen molar-refractivity contribution in [2.75, 3.05) is 44.2 Å². The van der Waals surface area contributed by atoms with Crippen LogP contribution in [0.2, 0.25) is 0 Å². The van der Waals surface area contributed by atoms with Crippen LogP contribution in [0.1, 0.15) is 31.2 Å². The lowest BCUT2D eigenvalue weighted by molar-refractivity contribution is -0.137. The second kappa shape index (κ2) is 11.5. The van der Waals surface area contributed by atoms with Crippen LogP contribution in [-0.4, -0.2) is 64.5 Å². The number of carbonyl (C=O) groups excluding carboxylic acids is 1. The van der Waals surface area contributed by atoms with Crippen LogP contribution in [-0.2, 0) is 17.8 Å². The van der Waals surface area contributed by atoms with Gasteiger partial charge in [-0.3, -0.25) is 14.3 Å². The van der Waals surface area contributed by atoms with Crippen molar-refractivity contribution >= 4 is 38.6 Å². The van der Waals surface area contributed by atoms with Gasteiger partial charge in [0.25, 0.3) is 0 Å². The molecule has 1 aromatic heterocycles. The Morgan fingerprint density at radius 1 is 0.897 bits per heavy atom. The summed E-state index contributed by atoms with van der Waals surface area (Å²) in [6, 6.07) is 25.6. The third-order valence-electron chi connectivity index (χ3n) is 8.24. The van der Waals surface area contributed by atoms with Crippen LogP contribution in [0.25, 0.3) is 16.7 Å². The normalized spacial score (nSPS) is 18.6. The number of rotatable bonds is 6. The minimum absolute atomic E-state index is 0.0552. The summed E-state index contributed by atoms with van der Waals surface area (Å²) in [5.74, 6) is 1.40. The number of piperidine rings is 1. The second-order valence-electron chi connectivity index (χ2n) is 10.7. The van der Waals surface area contributed by atoms with E-state index in [0.717, 1.165) is 92.1 Å². The van der Waals surface area contributed by atoms with E-state index in [9.17, 15) is 4.79 Å². The summed E-state index contributed by atoms with van der Waals surface area (Å²) < 4.78 is 3.32. The Labute approximate surface area is 239 Å². The molecule has 0 N–H and O–H groups in total. The zero-order valence-corrected chi connectivity index (χ0v) is 24.2. The number of hydrogen-bond donors (Lipinski definition) is 0. The van der Waals surface area contributed by atoms with Crippen LogP contribution in [0.15, 0.2) is 77.3 Å². The standard InChI is InChI=1S/C32H36BrN5O/c1-2-24-9-13-27(14-10-24)36-18-20-37(21-19-36)32(39)25-6-5-17-35(22-25)23-31-34-29-7-3-4-8-30(29)38(31)28-15-11-26(33)12-16-28/h3-4,7-16,25H,2,5-6,17-23H2,1H3/t25-/m1/s1. The van der Waals surface area contributed by atoms with Gasteiger partial charge in [-0.1, -0.05) is 47.1 Å². The zero-order chi connectivity index (χ0) is 26.8. The third-order valence-corrected chi connectivity index (χ3v) is 8.76. The van der Waals surface area contributed by atoms with Crippen molar-refractivity contribution in [2.45, 2.75) is 32.7 Å². The largest absolute Gasteiger partial charge is 0.368 e. The highest BCUT2D eigenvalue weighted by atomic mass is 79.9. The van der Waals surface area contributed by atoms with Crippen LogP contribution in [0.4, 0.5) is 5.69 Å². The van der Waals surface area contributed by atoms with Gasteiger partial charge in [0.2, 0.25) is 5.91 Å². The molecular weight excluding hydrogens is 550 g/mol. The van der Waals surface area contributed by atoms with Gasteiger partial charge in [0.15, 0.2) is 0 Å². The molecule has 0 unspecified atom stereocenters. The number of imidazole rings is 1. The number of para-hydroxylation sites is 2. The van der Waals surface area contributed by atoms with Crippen molar-refractivity contribution in [2.24, 2.45) is 5.92 Å². The lowest BCUT2D eigenvalue weighted by Crippen LogP contribution is -2.52. The van der Waals surface area contributed by atoms with Gasteiger partial charge in [-0.15, -0.1) is 0 Å². The highest BCUT2D eigenvalue weighted by Crippen LogP contribution is 2.27. The Morgan fingerprint density at radius 3 is 2.36 bits per heavy atom. The molecule has 0 bridgehead atoms. The lowest BCUT2D eigenvalue weighted by atomic mass is 9.96. The number of benzene rings is 3. The first-order valence-corrected chi connectivity index (χ1v) is 15.0. The van der Waals surface area contributed by atoms with E-state index in [-0.39, 0.29) is 5.92 Å². The number of hydrogen-bond acceptors (Lipinski definition) is 4. The van der Waals surface area contributed by atoms with Crippen LogP contribution >= 0.6 is 15.9 Å². The van der Waals surface area contributed by atoms with Gasteiger partial charge in [-0.2, -0.15) is 0 Å². The van der Waals surface area contributed by atoms with Gasteiger partial charge >= 0.3 is 0 Å². The van der Waals surface area contributed by atoms with Crippen molar-refractivity contribution in [3.8, 4) is 5.69 Å². The summed E-state index contributed by atoms with van der Waals surface area (Å²) in [5.41, 5.74) is 5.84. The maximum atomic E-state index is 13.6. The molecule has 3 aromatic carbocycles. The molecule has 2 aliphatic rings. The van der Waals surface area contributed by atoms with Crippen molar-refractivity contribution in [3.63, 3.8) is 0 Å². The number of fused-ring (bicyclic) bond motifs is 1. The van der Waals surface area contributed by atoms with E-state index in [2.05, 4.69) is 109 Å². The van der Waals surface area contributed by atoms with E-state index in [1.165, 1.54) is 11.3 Å². The monoisotopic (exact) mass is 585 g/mol. The molecule has 2 aliphatic heterocycles. The molecule has 6 nitrogen and oxygen atoms in total. The fourth-order valence-electron chi connectivity index (χ4n) is 6.05. The zero-order valence-electron chi connectivity index (χ0n) is 22.6. The van der Waals surface area contributed by atoms with Crippen molar-refractivity contribution in [3.05, 3.63) is 88.7 Å². The number of halogens is 1. The van der Waals surface area contributed by atoms with E-state index < -0.39 is 0 Å². The molecule has 4 aromatic rings. The Balaban J connectivity index is 1.12. The SMILES string of the molecule is CCc1ccc(N2CCN(C(=O)[C@@H]3CCCN(Cc4nc5ccccc5n4-c4ccc(Br)cc4)C3)CC2)cc1. The molecule has 0 radical (unpaired) electrons. The molecular formula is C32H36BrN5O. The molecule has 3 heterocycles. The Bertz CT molecular complexity index is 1420. The molecule has 39 heavy (non-hydrogen) atoms. The average Bonchev–Trinajstić information content (AvgIpc) is 3.35. The number of aromatic nitrogens is 2. The summed E-state index contributed by atoms with van der Waals surface area (Å²) in [5, 5.41) is 0. The fraction of sp³-hybridized carbons (Fsp3) is 0.375. The topological polar surface area (TPSA) is 44.6 Å². The summed E-state index contributed by atoms with van der Waals surface area (Å²) in [6.45, 7) is 8.08. The van der Waals surface area contributed by atoms with Gasteiger partial charge in [0.1, 0.15) is 5.82 Å². The Morgan fingerprint density at radius 2 is 1.62 bits per heavy atom. The van der Waals surface area contributed by atoms with Gasteiger partial charge in [0, 0.05) is 48.6 Å². The van der Waals surface area contributed by atoms with Gasteiger partial charge < -0.3 is 9.80 Å². The van der Waals surface area contributed by atoms with Gasteiger partial charge in [-0.05, 0) is 79.9 Å². The highest BCUT2D eigenvalue weighted by molar-refractivity contribution is 9.10. The number of nitrogens with zero attached hydrogens (tertiary/aromatic N) is 5. The molecule has 1 atom stereocenters. The van der Waals surface area contributed by atoms with Crippen molar-refractivity contribution in [1.82, 2.24) is 19.4 Å². The molecule has 0 aliphatic carbocycles. The Kier molecular flexibility index (Phi) is 7.71. The molecule has 0 spiro atoms. The van der Waals surface area contributed by atoms with Crippen LogP contribution < -0.4 is 4.90 Å². The first-order valence-electron chi connectivity index (χ1n) is 14.2. The molecule has 0 saturated carbocycles. The van der Waals surface area contributed by atoms with E-state index in [1.54, 1.807) is 0 Å². The molecule has 1 amide bonds. The second-order valence-corrected chi connectivity index (χ2v) is 11.7. The number of likely N-dealkylation sites (tertiary alicyclic amines) is 1. The number of amides is 1. The van der Waals surface area contributed by atoms with Gasteiger partial charge in [-0.25, -0.2) is 4.98 Å². The first-order chi connectivity index (χ1) is 19.1. The maximum Gasteiger partial charge on any atom is 0.227 e. The van der Waals surface area contributed by atoms with E-state index in [1.807, 2.05) is 6.07 Å². The fourth-order valence-corrected chi connectivity index (χ4v) is 6.31. The highest BCUT2D eigenvalue weighted by Gasteiger charge is 2.31. The number of aryl methyl sites for hydroxylation is 1. The van der Waals surface area contributed by atoms with Crippen LogP contribution in [0.3, 0.4) is 0 Å². The third kappa shape index (κ3) is 5.61. The predicted molar refractivity (Wildman–Crippen MR) is 161 cm³/mol. The first kappa shape index (κ1) is 26.1. The summed E-state index contributed by atoms with van der Waals surface area (Å²) in [6.07, 6.45) is 3.07. The molecule has 2 fully saturated rings. The van der Waals surface area contributed by atoms with Crippen LogP contribution in [0, 0.1) is 5.92 Å². The minimum atomic E-state index is 0.0552. The maximum absolute atomic E-state index is 13.6. The average molecular weight is 587 g/mol. The van der Waals surface area contributed by atoms with Crippen molar-refractivity contribution < 1.29 is 4.79 Å². The molecule has 202 valence electrons. The summed E-state index contributed by atoms with van der Waals surface area (Å²) in [7, 11) is 0. The molecule has 7 heteroatoms. The molecule has 6 rings (SSSR count). The smallest absolute Gasteiger partial charge is 0.227 e. The van der Waals surface area contributed by atoms with Gasteiger partial charge in [0.05, 0.1) is 23.5 Å². The summed E-state index contributed by atoms with van der Waals surface area (Å²) >= 11 is 3.56. The van der Waals surface area contributed by atoms with E-state index >= 15 is 0 Å². The number of carbonyl (C=O) groups is 1. The number of piperazine rings is 1. The minimum Gasteiger partial charge on any atom is -0.368 e. The quantitative estimate of drug-likeness (QED) is 0.282. The predicted octanol–water partition coefficient (Wildman–Crippen LogP) is 5.91.